The third-order valence-corrected chi connectivity index (χ3v) is 3.71. The number of hydrogen-bond donors (Lipinski definition) is 3. The zero-order valence-corrected chi connectivity index (χ0v) is 14.5. The molecule has 2 heterocycles. The van der Waals surface area contributed by atoms with Crippen LogP contribution in [0.25, 0.3) is 0 Å². The normalized spacial score (nSPS) is 16.6. The molecule has 2 amide bonds. The molecule has 0 saturated carbocycles. The number of rotatable bonds is 4. The van der Waals surface area contributed by atoms with Crippen LogP contribution in [-0.2, 0) is 9.53 Å². The largest absolute Gasteiger partial charge is 0.459 e. The van der Waals surface area contributed by atoms with E-state index in [4.69, 9.17) is 9.15 Å². The zero-order valence-electron chi connectivity index (χ0n) is 13.7. The number of nitrogens with one attached hydrogen (secondary N) is 3. The Labute approximate surface area is 151 Å². The number of carbonyl (C=O) groups excluding carboxylic acids is 2. The summed E-state index contributed by atoms with van der Waals surface area (Å²) in [6.07, 6.45) is 0.958. The van der Waals surface area contributed by atoms with E-state index in [-0.39, 0.29) is 30.0 Å². The van der Waals surface area contributed by atoms with Crippen LogP contribution in [-0.4, -0.2) is 37.6 Å². The number of aryl methyl sites for hydroxylation is 1. The summed E-state index contributed by atoms with van der Waals surface area (Å²) in [5.41, 5.74) is 2.14. The number of morpholine rings is 1. The highest BCUT2D eigenvalue weighted by atomic mass is 35.5. The molecule has 134 valence electrons. The van der Waals surface area contributed by atoms with Gasteiger partial charge in [0, 0.05) is 24.5 Å². The molecule has 3 rings (SSSR count). The lowest BCUT2D eigenvalue weighted by atomic mass is 10.1. The monoisotopic (exact) mass is 365 g/mol. The summed E-state index contributed by atoms with van der Waals surface area (Å²) in [5, 5.41) is 8.72. The number of furan rings is 1. The van der Waals surface area contributed by atoms with Gasteiger partial charge in [0.2, 0.25) is 0 Å². The van der Waals surface area contributed by atoms with Crippen LogP contribution in [0.1, 0.15) is 16.1 Å². The van der Waals surface area contributed by atoms with E-state index in [0.29, 0.717) is 24.5 Å². The highest BCUT2D eigenvalue weighted by Gasteiger charge is 2.21. The Kier molecular flexibility index (Phi) is 6.58. The number of amides is 2. The molecule has 0 radical (unpaired) electrons. The summed E-state index contributed by atoms with van der Waals surface area (Å²) in [7, 11) is 0. The van der Waals surface area contributed by atoms with Gasteiger partial charge in [-0.3, -0.25) is 9.59 Å². The highest BCUT2D eigenvalue weighted by Crippen LogP contribution is 2.21. The molecule has 1 unspecified atom stereocenters. The molecule has 8 heteroatoms. The smallest absolute Gasteiger partial charge is 0.291 e. The molecule has 1 aromatic carbocycles. The third kappa shape index (κ3) is 4.82. The average molecular weight is 366 g/mol. The number of anilines is 2. The fraction of sp³-hybridized carbons (Fsp3) is 0.294. The summed E-state index contributed by atoms with van der Waals surface area (Å²) in [6, 6.07) is 8.52. The molecule has 0 aliphatic carbocycles. The predicted molar refractivity (Wildman–Crippen MR) is 96.3 cm³/mol. The molecule has 0 bridgehead atoms. The van der Waals surface area contributed by atoms with Gasteiger partial charge in [-0.2, -0.15) is 0 Å². The van der Waals surface area contributed by atoms with Crippen LogP contribution in [0.2, 0.25) is 0 Å². The maximum Gasteiger partial charge on any atom is 0.291 e. The maximum atomic E-state index is 12.1. The van der Waals surface area contributed by atoms with Crippen LogP contribution < -0.4 is 16.0 Å². The Bertz CT molecular complexity index is 727. The first-order valence-corrected chi connectivity index (χ1v) is 7.72. The average Bonchev–Trinajstić information content (AvgIpc) is 3.13. The lowest BCUT2D eigenvalue weighted by Crippen LogP contribution is -2.45. The molecule has 1 aromatic heterocycles. The minimum absolute atomic E-state index is 0. The number of carbonyl (C=O) groups is 2. The molecule has 1 atom stereocenters. The third-order valence-electron chi connectivity index (χ3n) is 3.71. The van der Waals surface area contributed by atoms with Crippen molar-refractivity contribution in [2.24, 2.45) is 0 Å². The van der Waals surface area contributed by atoms with Crippen molar-refractivity contribution >= 4 is 35.6 Å². The van der Waals surface area contributed by atoms with E-state index in [2.05, 4.69) is 16.0 Å². The van der Waals surface area contributed by atoms with Gasteiger partial charge in [-0.15, -0.1) is 12.4 Å². The van der Waals surface area contributed by atoms with Gasteiger partial charge in [0.1, 0.15) is 6.10 Å². The first kappa shape index (κ1) is 19.0. The van der Waals surface area contributed by atoms with Crippen molar-refractivity contribution in [1.29, 1.82) is 0 Å². The Hall–Kier alpha value is -2.35. The van der Waals surface area contributed by atoms with Crippen molar-refractivity contribution in [2.75, 3.05) is 30.3 Å². The van der Waals surface area contributed by atoms with Gasteiger partial charge >= 0.3 is 0 Å². The van der Waals surface area contributed by atoms with Crippen LogP contribution in [0.5, 0.6) is 0 Å². The van der Waals surface area contributed by atoms with Crippen molar-refractivity contribution in [3.8, 4) is 0 Å². The van der Waals surface area contributed by atoms with Crippen LogP contribution >= 0.6 is 12.4 Å². The van der Waals surface area contributed by atoms with E-state index in [9.17, 15) is 9.59 Å². The molecule has 7 nitrogen and oxygen atoms in total. The standard InChI is InChI=1S/C17H19N3O4.ClH/c1-11-9-12(19-17(22)15-10-18-6-8-24-15)4-5-13(11)20-16(21)14-3-2-7-23-14;/h2-5,7,9,15,18H,6,8,10H2,1H3,(H,19,22)(H,20,21);1H. The Morgan fingerprint density at radius 2 is 2.08 bits per heavy atom. The van der Waals surface area contributed by atoms with E-state index in [1.54, 1.807) is 30.3 Å². The first-order chi connectivity index (χ1) is 11.6. The van der Waals surface area contributed by atoms with Crippen molar-refractivity contribution < 1.29 is 18.7 Å². The molecule has 1 aliphatic heterocycles. The van der Waals surface area contributed by atoms with Crippen molar-refractivity contribution in [2.45, 2.75) is 13.0 Å². The summed E-state index contributed by atoms with van der Waals surface area (Å²) in [5.74, 6) is -0.260. The van der Waals surface area contributed by atoms with Gasteiger partial charge in [-0.05, 0) is 42.8 Å². The van der Waals surface area contributed by atoms with Crippen LogP contribution in [0.3, 0.4) is 0 Å². The van der Waals surface area contributed by atoms with Gasteiger partial charge in [-0.25, -0.2) is 0 Å². The molecular weight excluding hydrogens is 346 g/mol. The summed E-state index contributed by atoms with van der Waals surface area (Å²) in [4.78, 5) is 24.1. The number of benzene rings is 1. The second-order valence-corrected chi connectivity index (χ2v) is 5.51. The second kappa shape index (κ2) is 8.66. The summed E-state index contributed by atoms with van der Waals surface area (Å²) >= 11 is 0. The van der Waals surface area contributed by atoms with Crippen LogP contribution in [0.15, 0.2) is 41.0 Å². The molecule has 3 N–H and O–H groups in total. The Balaban J connectivity index is 0.00000225. The number of hydrogen-bond acceptors (Lipinski definition) is 5. The van der Waals surface area contributed by atoms with Gasteiger partial charge < -0.3 is 25.1 Å². The lowest BCUT2D eigenvalue weighted by molar-refractivity contribution is -0.128. The number of ether oxygens (including phenoxy) is 1. The van der Waals surface area contributed by atoms with E-state index in [1.165, 1.54) is 6.26 Å². The molecule has 2 aromatic rings. The van der Waals surface area contributed by atoms with E-state index in [0.717, 1.165) is 12.1 Å². The van der Waals surface area contributed by atoms with E-state index < -0.39 is 6.10 Å². The topological polar surface area (TPSA) is 92.6 Å². The molecule has 1 saturated heterocycles. The quantitative estimate of drug-likeness (QED) is 0.772. The van der Waals surface area contributed by atoms with Gasteiger partial charge in [0.25, 0.3) is 11.8 Å². The minimum atomic E-state index is -0.489. The van der Waals surface area contributed by atoms with Gasteiger partial charge in [0.15, 0.2) is 5.76 Å². The fourth-order valence-electron chi connectivity index (χ4n) is 2.43. The number of halogens is 1. The molecule has 0 spiro atoms. The summed E-state index contributed by atoms with van der Waals surface area (Å²) in [6.45, 7) is 3.63. The maximum absolute atomic E-state index is 12.1. The van der Waals surface area contributed by atoms with E-state index in [1.807, 2.05) is 6.92 Å². The minimum Gasteiger partial charge on any atom is -0.459 e. The van der Waals surface area contributed by atoms with Gasteiger partial charge in [0.05, 0.1) is 12.9 Å². The molecule has 25 heavy (non-hydrogen) atoms. The molecule has 1 aliphatic rings. The summed E-state index contributed by atoms with van der Waals surface area (Å²) < 4.78 is 10.5. The van der Waals surface area contributed by atoms with Crippen LogP contribution in [0, 0.1) is 6.92 Å². The van der Waals surface area contributed by atoms with E-state index >= 15 is 0 Å². The Morgan fingerprint density at radius 1 is 1.24 bits per heavy atom. The van der Waals surface area contributed by atoms with Gasteiger partial charge in [-0.1, -0.05) is 0 Å². The zero-order chi connectivity index (χ0) is 16.9. The fourth-order valence-corrected chi connectivity index (χ4v) is 2.43. The predicted octanol–water partition coefficient (Wildman–Crippen LogP) is 2.19. The SMILES string of the molecule is Cc1cc(NC(=O)C2CNCCO2)ccc1NC(=O)c1ccco1.Cl. The molecule has 1 fully saturated rings. The molecular formula is C17H20ClN3O4. The first-order valence-electron chi connectivity index (χ1n) is 7.72. The van der Waals surface area contributed by atoms with Crippen molar-refractivity contribution in [3.05, 3.63) is 47.9 Å². The Morgan fingerprint density at radius 3 is 2.72 bits per heavy atom. The van der Waals surface area contributed by atoms with Crippen LogP contribution in [0.4, 0.5) is 11.4 Å². The highest BCUT2D eigenvalue weighted by molar-refractivity contribution is 6.03. The second-order valence-electron chi connectivity index (χ2n) is 5.51. The lowest BCUT2D eigenvalue weighted by Gasteiger charge is -2.22. The van der Waals surface area contributed by atoms with Crippen molar-refractivity contribution in [3.63, 3.8) is 0 Å². The van der Waals surface area contributed by atoms with Crippen molar-refractivity contribution in [1.82, 2.24) is 5.32 Å².